The molecule has 0 radical (unpaired) electrons. The molecule has 0 amide bonds. The zero-order valence-electron chi connectivity index (χ0n) is 9.61. The number of rotatable bonds is 2. The predicted octanol–water partition coefficient (Wildman–Crippen LogP) is 1.93. The van der Waals surface area contributed by atoms with Crippen molar-refractivity contribution in [3.8, 4) is 17.4 Å². The standard InChI is InChI=1S/C12H10N4O2/c1-8-9(17)3-2-4-10(8)18-12-11-15-14-7-16(11)6-5-13-12/h2-7,17H,1H3. The lowest BCUT2D eigenvalue weighted by molar-refractivity contribution is 0.440. The van der Waals surface area contributed by atoms with Crippen LogP contribution in [0.15, 0.2) is 36.9 Å². The summed E-state index contributed by atoms with van der Waals surface area (Å²) in [6.45, 7) is 1.77. The summed E-state index contributed by atoms with van der Waals surface area (Å²) in [6.07, 6.45) is 4.90. The van der Waals surface area contributed by atoms with Crippen LogP contribution in [0.2, 0.25) is 0 Å². The van der Waals surface area contributed by atoms with E-state index in [4.69, 9.17) is 4.74 Å². The van der Waals surface area contributed by atoms with Crippen molar-refractivity contribution in [2.45, 2.75) is 6.92 Å². The molecule has 0 bridgehead atoms. The number of phenols is 1. The van der Waals surface area contributed by atoms with Crippen LogP contribution < -0.4 is 4.74 Å². The van der Waals surface area contributed by atoms with Crippen molar-refractivity contribution in [1.82, 2.24) is 19.6 Å². The number of hydrogen-bond donors (Lipinski definition) is 1. The smallest absolute Gasteiger partial charge is 0.265 e. The average molecular weight is 242 g/mol. The summed E-state index contributed by atoms with van der Waals surface area (Å²) >= 11 is 0. The summed E-state index contributed by atoms with van der Waals surface area (Å²) in [6, 6.07) is 5.07. The van der Waals surface area contributed by atoms with E-state index in [0.29, 0.717) is 22.8 Å². The Morgan fingerprint density at radius 1 is 1.33 bits per heavy atom. The van der Waals surface area contributed by atoms with Gasteiger partial charge in [-0.05, 0) is 19.1 Å². The minimum Gasteiger partial charge on any atom is -0.508 e. The van der Waals surface area contributed by atoms with Crippen molar-refractivity contribution in [2.24, 2.45) is 0 Å². The van der Waals surface area contributed by atoms with Crippen LogP contribution in [-0.2, 0) is 0 Å². The minimum absolute atomic E-state index is 0.181. The molecule has 2 heterocycles. The molecular formula is C12H10N4O2. The van der Waals surface area contributed by atoms with Crippen LogP contribution in [0.4, 0.5) is 0 Å². The lowest BCUT2D eigenvalue weighted by Crippen LogP contribution is -1.94. The lowest BCUT2D eigenvalue weighted by Gasteiger charge is -2.08. The maximum atomic E-state index is 9.62. The van der Waals surface area contributed by atoms with Gasteiger partial charge in [-0.15, -0.1) is 10.2 Å². The summed E-state index contributed by atoms with van der Waals surface area (Å²) in [5.41, 5.74) is 1.18. The number of aromatic nitrogens is 4. The van der Waals surface area contributed by atoms with Gasteiger partial charge in [0.1, 0.15) is 17.8 Å². The number of ether oxygens (including phenoxy) is 1. The van der Waals surface area contributed by atoms with Gasteiger partial charge in [0.25, 0.3) is 5.88 Å². The second kappa shape index (κ2) is 3.99. The topological polar surface area (TPSA) is 72.5 Å². The molecule has 0 unspecified atom stereocenters. The number of nitrogens with zero attached hydrogens (tertiary/aromatic N) is 4. The number of phenolic OH excluding ortho intramolecular Hbond substituents is 1. The van der Waals surface area contributed by atoms with E-state index in [2.05, 4.69) is 15.2 Å². The summed E-state index contributed by atoms with van der Waals surface area (Å²) in [7, 11) is 0. The van der Waals surface area contributed by atoms with Crippen molar-refractivity contribution in [3.63, 3.8) is 0 Å². The number of fused-ring (bicyclic) bond motifs is 1. The van der Waals surface area contributed by atoms with E-state index in [1.54, 1.807) is 48.2 Å². The maximum absolute atomic E-state index is 9.62. The molecule has 2 aromatic heterocycles. The maximum Gasteiger partial charge on any atom is 0.265 e. The van der Waals surface area contributed by atoms with Crippen molar-refractivity contribution in [2.75, 3.05) is 0 Å². The zero-order chi connectivity index (χ0) is 12.5. The van der Waals surface area contributed by atoms with E-state index < -0.39 is 0 Å². The molecule has 6 heteroatoms. The highest BCUT2D eigenvalue weighted by Gasteiger charge is 2.10. The Hall–Kier alpha value is -2.63. The van der Waals surface area contributed by atoms with Gasteiger partial charge in [-0.1, -0.05) is 6.07 Å². The van der Waals surface area contributed by atoms with Crippen LogP contribution >= 0.6 is 0 Å². The second-order valence-corrected chi connectivity index (χ2v) is 3.80. The van der Waals surface area contributed by atoms with E-state index in [1.807, 2.05) is 0 Å². The molecule has 0 saturated heterocycles. The van der Waals surface area contributed by atoms with E-state index in [9.17, 15) is 5.11 Å². The van der Waals surface area contributed by atoms with Gasteiger partial charge in [0.2, 0.25) is 5.65 Å². The molecule has 0 saturated carbocycles. The van der Waals surface area contributed by atoms with Gasteiger partial charge in [0, 0.05) is 18.0 Å². The molecule has 1 N–H and O–H groups in total. The third-order valence-corrected chi connectivity index (χ3v) is 2.65. The second-order valence-electron chi connectivity index (χ2n) is 3.80. The molecule has 0 aliphatic heterocycles. The molecule has 90 valence electrons. The molecule has 18 heavy (non-hydrogen) atoms. The fraction of sp³-hybridized carbons (Fsp3) is 0.0833. The first-order valence-electron chi connectivity index (χ1n) is 5.36. The molecule has 0 spiro atoms. The predicted molar refractivity (Wildman–Crippen MR) is 63.7 cm³/mol. The zero-order valence-corrected chi connectivity index (χ0v) is 9.61. The normalized spacial score (nSPS) is 10.7. The minimum atomic E-state index is 0.181. The quantitative estimate of drug-likeness (QED) is 0.743. The van der Waals surface area contributed by atoms with Crippen LogP contribution in [0.1, 0.15) is 5.56 Å². The van der Waals surface area contributed by atoms with Crippen LogP contribution in [0.5, 0.6) is 17.4 Å². The van der Waals surface area contributed by atoms with E-state index >= 15 is 0 Å². The Bertz CT molecular complexity index is 708. The van der Waals surface area contributed by atoms with Gasteiger partial charge in [0.15, 0.2) is 0 Å². The van der Waals surface area contributed by atoms with Crippen LogP contribution in [0, 0.1) is 6.92 Å². The SMILES string of the molecule is Cc1c(O)cccc1Oc1nccn2cnnc12. The number of benzene rings is 1. The summed E-state index contributed by atoms with van der Waals surface area (Å²) in [4.78, 5) is 4.12. The van der Waals surface area contributed by atoms with Gasteiger partial charge in [0.05, 0.1) is 0 Å². The third-order valence-electron chi connectivity index (χ3n) is 2.65. The van der Waals surface area contributed by atoms with Gasteiger partial charge in [-0.3, -0.25) is 4.40 Å². The monoisotopic (exact) mass is 242 g/mol. The largest absolute Gasteiger partial charge is 0.508 e. The van der Waals surface area contributed by atoms with Crippen molar-refractivity contribution >= 4 is 5.65 Å². The van der Waals surface area contributed by atoms with Gasteiger partial charge in [-0.25, -0.2) is 4.98 Å². The summed E-state index contributed by atoms with van der Waals surface area (Å²) in [5.74, 6) is 1.07. The number of hydrogen-bond acceptors (Lipinski definition) is 5. The first-order chi connectivity index (χ1) is 8.75. The fourth-order valence-electron chi connectivity index (χ4n) is 1.62. The highest BCUT2D eigenvalue weighted by molar-refractivity contribution is 5.51. The highest BCUT2D eigenvalue weighted by atomic mass is 16.5. The molecule has 0 aliphatic carbocycles. The Morgan fingerprint density at radius 3 is 3.11 bits per heavy atom. The van der Waals surface area contributed by atoms with Gasteiger partial charge in [-0.2, -0.15) is 0 Å². The molecule has 1 aromatic carbocycles. The van der Waals surface area contributed by atoms with Crippen LogP contribution in [-0.4, -0.2) is 24.7 Å². The van der Waals surface area contributed by atoms with Crippen molar-refractivity contribution in [1.29, 1.82) is 0 Å². The van der Waals surface area contributed by atoms with Gasteiger partial charge < -0.3 is 9.84 Å². The lowest BCUT2D eigenvalue weighted by atomic mass is 10.2. The molecule has 6 nitrogen and oxygen atoms in total. The van der Waals surface area contributed by atoms with E-state index in [1.165, 1.54) is 0 Å². The fourth-order valence-corrected chi connectivity index (χ4v) is 1.62. The van der Waals surface area contributed by atoms with E-state index in [-0.39, 0.29) is 5.75 Å². The van der Waals surface area contributed by atoms with E-state index in [0.717, 1.165) is 0 Å². The molecule has 0 fully saturated rings. The Balaban J connectivity index is 2.06. The number of aromatic hydroxyl groups is 1. The van der Waals surface area contributed by atoms with Crippen LogP contribution in [0.3, 0.4) is 0 Å². The Morgan fingerprint density at radius 2 is 2.22 bits per heavy atom. The van der Waals surface area contributed by atoms with Crippen LogP contribution in [0.25, 0.3) is 5.65 Å². The Kier molecular flexibility index (Phi) is 2.33. The first kappa shape index (κ1) is 10.5. The third kappa shape index (κ3) is 1.64. The van der Waals surface area contributed by atoms with Crippen molar-refractivity contribution in [3.05, 3.63) is 42.5 Å². The van der Waals surface area contributed by atoms with Crippen molar-refractivity contribution < 1.29 is 9.84 Å². The Labute approximate surface area is 103 Å². The highest BCUT2D eigenvalue weighted by Crippen LogP contribution is 2.30. The molecule has 0 atom stereocenters. The molecule has 3 aromatic rings. The van der Waals surface area contributed by atoms with Gasteiger partial charge >= 0.3 is 0 Å². The molecule has 0 aliphatic rings. The average Bonchev–Trinajstić information content (AvgIpc) is 2.84. The molecule has 3 rings (SSSR count). The summed E-state index contributed by atoms with van der Waals surface area (Å²) < 4.78 is 7.38. The molecular weight excluding hydrogens is 232 g/mol. The summed E-state index contributed by atoms with van der Waals surface area (Å²) in [5, 5.41) is 17.3. The first-order valence-corrected chi connectivity index (χ1v) is 5.36.